The summed E-state index contributed by atoms with van der Waals surface area (Å²) in [5.74, 6) is -0.878. The van der Waals surface area contributed by atoms with Gasteiger partial charge in [0.15, 0.2) is 0 Å². The fourth-order valence-corrected chi connectivity index (χ4v) is 3.34. The first kappa shape index (κ1) is 22.4. The second-order valence-electron chi connectivity index (χ2n) is 5.80. The van der Waals surface area contributed by atoms with Crippen LogP contribution in [0.4, 0.5) is 18.9 Å². The summed E-state index contributed by atoms with van der Waals surface area (Å²) >= 11 is 1.23. The van der Waals surface area contributed by atoms with E-state index in [0.717, 1.165) is 12.1 Å². The number of thioether (sulfide) groups is 1. The Morgan fingerprint density at radius 3 is 2.12 bits per heavy atom. The van der Waals surface area contributed by atoms with Crippen LogP contribution in [0.5, 0.6) is 0 Å². The van der Waals surface area contributed by atoms with Crippen LogP contribution in [0, 0.1) is 5.92 Å². The number of nitrogens with zero attached hydrogens (tertiary/aromatic N) is 1. The molecule has 0 aliphatic rings. The van der Waals surface area contributed by atoms with Crippen LogP contribution in [0.2, 0.25) is 0 Å². The van der Waals surface area contributed by atoms with Crippen LogP contribution in [0.1, 0.15) is 52.0 Å². The van der Waals surface area contributed by atoms with E-state index in [1.165, 1.54) is 23.9 Å². The van der Waals surface area contributed by atoms with Crippen LogP contribution >= 0.6 is 11.8 Å². The largest absolute Gasteiger partial charge is 0.416 e. The Bertz CT molecular complexity index is 638. The molecule has 1 rings (SSSR count). The highest BCUT2D eigenvalue weighted by molar-refractivity contribution is 8.14. The number of halogens is 3. The summed E-state index contributed by atoms with van der Waals surface area (Å²) in [4.78, 5) is 29.3. The molecule has 0 radical (unpaired) electrons. The van der Waals surface area contributed by atoms with Crippen molar-refractivity contribution in [1.29, 1.82) is 0 Å². The van der Waals surface area contributed by atoms with E-state index in [9.17, 15) is 22.8 Å². The third kappa shape index (κ3) is 6.59. The minimum Gasteiger partial charge on any atom is -0.298 e. The van der Waals surface area contributed by atoms with Crippen molar-refractivity contribution in [3.05, 3.63) is 29.8 Å². The van der Waals surface area contributed by atoms with Gasteiger partial charge in [0.2, 0.25) is 0 Å². The molecule has 0 aliphatic heterocycles. The zero-order chi connectivity index (χ0) is 19.7. The SMILES string of the molecule is CCCC(=O)C(C(=O)CCC)C(=Nc1cccc(C(F)(F)F)c1)SCC. The minimum absolute atomic E-state index is 0.0920. The minimum atomic E-state index is -4.47. The number of carbonyl (C=O) groups is 2. The van der Waals surface area contributed by atoms with Gasteiger partial charge in [-0.1, -0.05) is 26.8 Å². The molecule has 1 aromatic rings. The summed E-state index contributed by atoms with van der Waals surface area (Å²) in [6, 6.07) is 4.61. The number of rotatable bonds is 9. The Balaban J connectivity index is 3.34. The molecular formula is C19H24F3NO2S. The smallest absolute Gasteiger partial charge is 0.298 e. The zero-order valence-electron chi connectivity index (χ0n) is 15.2. The van der Waals surface area contributed by atoms with Crippen molar-refractivity contribution in [2.45, 2.75) is 52.6 Å². The number of hydrogen-bond acceptors (Lipinski definition) is 4. The van der Waals surface area contributed by atoms with E-state index >= 15 is 0 Å². The van der Waals surface area contributed by atoms with Gasteiger partial charge in [-0.25, -0.2) is 4.99 Å². The van der Waals surface area contributed by atoms with Gasteiger partial charge >= 0.3 is 6.18 Å². The maximum Gasteiger partial charge on any atom is 0.416 e. The molecule has 0 saturated carbocycles. The fourth-order valence-electron chi connectivity index (χ4n) is 2.44. The molecule has 0 heterocycles. The Kier molecular flexibility index (Phi) is 9.05. The van der Waals surface area contributed by atoms with Gasteiger partial charge in [0, 0.05) is 12.8 Å². The summed E-state index contributed by atoms with van der Waals surface area (Å²) in [5.41, 5.74) is -0.717. The van der Waals surface area contributed by atoms with Gasteiger partial charge in [0.25, 0.3) is 0 Å². The molecule has 0 N–H and O–H groups in total. The summed E-state index contributed by atoms with van der Waals surface area (Å²) in [7, 11) is 0. The number of ketones is 2. The van der Waals surface area contributed by atoms with Crippen molar-refractivity contribution >= 4 is 34.1 Å². The molecule has 0 unspecified atom stereocenters. The molecule has 26 heavy (non-hydrogen) atoms. The number of Topliss-reactive ketones (excluding diaryl/α,β-unsaturated/α-hetero) is 2. The molecule has 0 atom stereocenters. The average Bonchev–Trinajstić information content (AvgIpc) is 2.55. The lowest BCUT2D eigenvalue weighted by atomic mass is 9.94. The van der Waals surface area contributed by atoms with Crippen molar-refractivity contribution < 1.29 is 22.8 Å². The van der Waals surface area contributed by atoms with Crippen molar-refractivity contribution in [2.24, 2.45) is 10.9 Å². The van der Waals surface area contributed by atoms with E-state index in [4.69, 9.17) is 0 Å². The van der Waals surface area contributed by atoms with Crippen LogP contribution in [0.25, 0.3) is 0 Å². The van der Waals surface area contributed by atoms with Crippen LogP contribution in [0.3, 0.4) is 0 Å². The van der Waals surface area contributed by atoms with Crippen LogP contribution in [-0.2, 0) is 15.8 Å². The molecule has 0 saturated heterocycles. The van der Waals surface area contributed by atoms with E-state index in [2.05, 4.69) is 4.99 Å². The highest BCUT2D eigenvalue weighted by Gasteiger charge is 2.32. The second-order valence-corrected chi connectivity index (χ2v) is 7.08. The van der Waals surface area contributed by atoms with Crippen molar-refractivity contribution in [3.63, 3.8) is 0 Å². The molecule has 0 fully saturated rings. The molecule has 0 bridgehead atoms. The molecule has 7 heteroatoms. The molecule has 0 spiro atoms. The molecule has 0 aromatic heterocycles. The monoisotopic (exact) mass is 387 g/mol. The zero-order valence-corrected chi connectivity index (χ0v) is 16.0. The Hall–Kier alpha value is -1.63. The molecule has 144 valence electrons. The molecular weight excluding hydrogens is 363 g/mol. The maximum atomic E-state index is 12.9. The van der Waals surface area contributed by atoms with Crippen molar-refractivity contribution in [1.82, 2.24) is 0 Å². The fraction of sp³-hybridized carbons (Fsp3) is 0.526. The van der Waals surface area contributed by atoms with E-state index in [-0.39, 0.29) is 35.1 Å². The van der Waals surface area contributed by atoms with Gasteiger partial charge in [0.1, 0.15) is 17.5 Å². The number of hydrogen-bond donors (Lipinski definition) is 0. The van der Waals surface area contributed by atoms with E-state index in [0.29, 0.717) is 18.6 Å². The van der Waals surface area contributed by atoms with Gasteiger partial charge in [-0.3, -0.25) is 9.59 Å². The lowest BCUT2D eigenvalue weighted by molar-refractivity contribution is -0.137. The van der Waals surface area contributed by atoms with Gasteiger partial charge in [0.05, 0.1) is 16.3 Å². The number of carbonyl (C=O) groups excluding carboxylic acids is 2. The maximum absolute atomic E-state index is 12.9. The van der Waals surface area contributed by atoms with Gasteiger partial charge < -0.3 is 0 Å². The Morgan fingerprint density at radius 2 is 1.65 bits per heavy atom. The summed E-state index contributed by atoms with van der Waals surface area (Å²) in [6.07, 6.45) is -2.79. The van der Waals surface area contributed by atoms with E-state index in [1.807, 2.05) is 20.8 Å². The van der Waals surface area contributed by atoms with Crippen LogP contribution < -0.4 is 0 Å². The lowest BCUT2D eigenvalue weighted by Gasteiger charge is -2.17. The Labute approximate surface area is 156 Å². The average molecular weight is 387 g/mol. The van der Waals surface area contributed by atoms with Crippen molar-refractivity contribution in [2.75, 3.05) is 5.75 Å². The predicted octanol–water partition coefficient (Wildman–Crippen LogP) is 5.84. The molecule has 1 aromatic carbocycles. The third-order valence-electron chi connectivity index (χ3n) is 3.59. The van der Waals surface area contributed by atoms with Crippen molar-refractivity contribution in [3.8, 4) is 0 Å². The quantitative estimate of drug-likeness (QED) is 0.304. The number of aliphatic imine (C=N–C) groups is 1. The predicted molar refractivity (Wildman–Crippen MR) is 100.0 cm³/mol. The highest BCUT2D eigenvalue weighted by atomic mass is 32.2. The second kappa shape index (κ2) is 10.5. The first-order chi connectivity index (χ1) is 12.2. The molecule has 0 amide bonds. The first-order valence-electron chi connectivity index (χ1n) is 8.68. The lowest BCUT2D eigenvalue weighted by Crippen LogP contribution is -2.30. The first-order valence-corrected chi connectivity index (χ1v) is 9.67. The van der Waals surface area contributed by atoms with E-state index in [1.54, 1.807) is 0 Å². The van der Waals surface area contributed by atoms with Gasteiger partial charge in [-0.05, 0) is 36.8 Å². The number of benzene rings is 1. The van der Waals surface area contributed by atoms with Gasteiger partial charge in [-0.15, -0.1) is 11.8 Å². The van der Waals surface area contributed by atoms with E-state index < -0.39 is 17.7 Å². The highest BCUT2D eigenvalue weighted by Crippen LogP contribution is 2.32. The standard InChI is InChI=1S/C19H24F3NO2S/c1-4-8-15(24)17(16(25)9-5-2)18(26-6-3)23-14-11-7-10-13(12-14)19(20,21)22/h7,10-12,17H,4-6,8-9H2,1-3H3. The van der Waals surface area contributed by atoms with Crippen LogP contribution in [-0.4, -0.2) is 22.4 Å². The Morgan fingerprint density at radius 1 is 1.08 bits per heavy atom. The summed E-state index contributed by atoms with van der Waals surface area (Å²) in [6.45, 7) is 5.53. The van der Waals surface area contributed by atoms with Crippen LogP contribution in [0.15, 0.2) is 29.3 Å². The normalized spacial score (nSPS) is 12.5. The summed E-state index contributed by atoms with van der Waals surface area (Å²) < 4.78 is 38.7. The van der Waals surface area contributed by atoms with Gasteiger partial charge in [-0.2, -0.15) is 13.2 Å². The molecule has 3 nitrogen and oxygen atoms in total. The third-order valence-corrected chi connectivity index (χ3v) is 4.50. The topological polar surface area (TPSA) is 46.5 Å². The molecule has 0 aliphatic carbocycles. The summed E-state index contributed by atoms with van der Waals surface area (Å²) in [5, 5.41) is 0.281. The number of alkyl halides is 3.